The van der Waals surface area contributed by atoms with E-state index in [2.05, 4.69) is 9.88 Å². The van der Waals surface area contributed by atoms with E-state index in [9.17, 15) is 14.7 Å². The van der Waals surface area contributed by atoms with Crippen LogP contribution in [-0.2, 0) is 16.1 Å². The van der Waals surface area contributed by atoms with Crippen LogP contribution in [0.25, 0.3) is 0 Å². The summed E-state index contributed by atoms with van der Waals surface area (Å²) in [5, 5.41) is 11.7. The number of aryl methyl sites for hydroxylation is 2. The Morgan fingerprint density at radius 2 is 1.79 bits per heavy atom. The third-order valence-electron chi connectivity index (χ3n) is 6.86. The van der Waals surface area contributed by atoms with Gasteiger partial charge in [-0.2, -0.15) is 0 Å². The molecule has 5 rings (SSSR count). The average Bonchev–Trinajstić information content (AvgIpc) is 3.41. The Kier molecular flexibility index (Phi) is 7.87. The Labute approximate surface area is 226 Å². The molecule has 0 saturated carbocycles. The lowest BCUT2D eigenvalue weighted by atomic mass is 9.95. The molecule has 1 aromatic heterocycles. The molecule has 3 heterocycles. The van der Waals surface area contributed by atoms with Crippen molar-refractivity contribution < 1.29 is 24.2 Å². The summed E-state index contributed by atoms with van der Waals surface area (Å²) < 4.78 is 11.4. The average molecular weight is 534 g/mol. The summed E-state index contributed by atoms with van der Waals surface area (Å²) >= 11 is 1.28. The number of morpholine rings is 1. The highest BCUT2D eigenvalue weighted by Gasteiger charge is 2.44. The summed E-state index contributed by atoms with van der Waals surface area (Å²) in [6.45, 7) is 7.91. The van der Waals surface area contributed by atoms with Crippen molar-refractivity contribution in [2.75, 3.05) is 39.4 Å². The van der Waals surface area contributed by atoms with Gasteiger partial charge in [-0.15, -0.1) is 11.3 Å². The monoisotopic (exact) mass is 533 g/mol. The van der Waals surface area contributed by atoms with Gasteiger partial charge in [-0.3, -0.25) is 14.5 Å². The van der Waals surface area contributed by atoms with Crippen molar-refractivity contribution in [2.24, 2.45) is 0 Å². The summed E-state index contributed by atoms with van der Waals surface area (Å²) in [5.74, 6) is -0.703. The van der Waals surface area contributed by atoms with Crippen molar-refractivity contribution in [1.82, 2.24) is 14.8 Å². The van der Waals surface area contributed by atoms with Crippen LogP contribution in [0.5, 0.6) is 5.75 Å². The molecule has 1 N–H and O–H groups in total. The second-order valence-electron chi connectivity index (χ2n) is 9.44. The number of rotatable bonds is 9. The fourth-order valence-corrected chi connectivity index (χ4v) is 5.76. The third-order valence-corrected chi connectivity index (χ3v) is 7.93. The molecule has 1 atom stereocenters. The Balaban J connectivity index is 1.42. The van der Waals surface area contributed by atoms with Crippen molar-refractivity contribution in [3.05, 3.63) is 92.6 Å². The molecule has 0 radical (unpaired) electrons. The number of aliphatic hydroxyl groups excluding tert-OH is 1. The molecular formula is C29H31N3O5S. The van der Waals surface area contributed by atoms with Gasteiger partial charge in [0.15, 0.2) is 5.76 Å². The molecule has 9 heteroatoms. The van der Waals surface area contributed by atoms with Crippen molar-refractivity contribution in [3.8, 4) is 5.75 Å². The van der Waals surface area contributed by atoms with Crippen molar-refractivity contribution >= 4 is 23.0 Å². The van der Waals surface area contributed by atoms with E-state index >= 15 is 0 Å². The first-order valence-corrected chi connectivity index (χ1v) is 13.5. The first kappa shape index (κ1) is 26.1. The van der Waals surface area contributed by atoms with Gasteiger partial charge < -0.3 is 19.5 Å². The minimum atomic E-state index is -0.707. The summed E-state index contributed by atoms with van der Waals surface area (Å²) in [6, 6.07) is 16.6. The first-order valence-electron chi connectivity index (χ1n) is 12.7. The van der Waals surface area contributed by atoms with Crippen LogP contribution in [0.15, 0.2) is 65.9 Å². The van der Waals surface area contributed by atoms with E-state index in [-0.39, 0.29) is 11.4 Å². The molecule has 2 aliphatic heterocycles. The first-order chi connectivity index (χ1) is 18.4. The highest BCUT2D eigenvalue weighted by atomic mass is 32.1. The number of Topliss-reactive ketones (excluding diaryl/α,β-unsaturated/α-hetero) is 1. The Hall–Kier alpha value is -3.53. The molecule has 1 amide bonds. The standard InChI is InChI=1S/C29H31N3O5S/c1-19-28(38-20(2)30-19)26(33)24-25(32(29(35)27(24)34)13-12-31-14-16-36-17-15-31)22-8-10-23(11-9-22)37-18-21-6-4-3-5-7-21/h3-11,25,34H,12-18H2,1-2H3. The lowest BCUT2D eigenvalue weighted by Gasteiger charge is -2.31. The fraction of sp³-hybridized carbons (Fsp3) is 0.345. The second kappa shape index (κ2) is 11.5. The number of thiazole rings is 1. The summed E-state index contributed by atoms with van der Waals surface area (Å²) in [7, 11) is 0. The van der Waals surface area contributed by atoms with E-state index in [0.717, 1.165) is 29.2 Å². The predicted octanol–water partition coefficient (Wildman–Crippen LogP) is 4.25. The highest BCUT2D eigenvalue weighted by Crippen LogP contribution is 2.40. The van der Waals surface area contributed by atoms with Crippen molar-refractivity contribution in [3.63, 3.8) is 0 Å². The zero-order chi connectivity index (χ0) is 26.6. The van der Waals surface area contributed by atoms with Crippen LogP contribution in [0, 0.1) is 13.8 Å². The summed E-state index contributed by atoms with van der Waals surface area (Å²) in [4.78, 5) is 35.7. The van der Waals surface area contributed by atoms with Crippen molar-refractivity contribution in [1.29, 1.82) is 0 Å². The normalized spacial score (nSPS) is 18.3. The number of amides is 1. The van der Waals surface area contributed by atoms with Crippen LogP contribution in [0.2, 0.25) is 0 Å². The molecule has 0 spiro atoms. The molecule has 0 bridgehead atoms. The maximum Gasteiger partial charge on any atom is 0.290 e. The predicted molar refractivity (Wildman–Crippen MR) is 145 cm³/mol. The van der Waals surface area contributed by atoms with E-state index in [1.54, 1.807) is 11.8 Å². The number of ether oxygens (including phenoxy) is 2. The van der Waals surface area contributed by atoms with E-state index in [1.165, 1.54) is 11.3 Å². The van der Waals surface area contributed by atoms with Crippen LogP contribution >= 0.6 is 11.3 Å². The van der Waals surface area contributed by atoms with Gasteiger partial charge >= 0.3 is 0 Å². The molecule has 2 aliphatic rings. The van der Waals surface area contributed by atoms with Crippen LogP contribution in [0.4, 0.5) is 0 Å². The topological polar surface area (TPSA) is 92.2 Å². The van der Waals surface area contributed by atoms with Crippen LogP contribution in [-0.4, -0.2) is 71.0 Å². The molecule has 1 saturated heterocycles. The van der Waals surface area contributed by atoms with E-state index in [4.69, 9.17) is 9.47 Å². The number of aliphatic hydroxyl groups is 1. The SMILES string of the molecule is Cc1nc(C)c(C(=O)C2=C(O)C(=O)N(CCN3CCOCC3)C2c2ccc(OCc3ccccc3)cc2)s1. The fourth-order valence-electron chi connectivity index (χ4n) is 4.89. The molecule has 2 aromatic carbocycles. The van der Waals surface area contributed by atoms with Gasteiger partial charge in [-0.25, -0.2) is 4.98 Å². The van der Waals surface area contributed by atoms with Gasteiger partial charge in [0.2, 0.25) is 5.78 Å². The summed E-state index contributed by atoms with van der Waals surface area (Å²) in [6.07, 6.45) is 0. The van der Waals surface area contributed by atoms with Gasteiger partial charge in [0, 0.05) is 26.2 Å². The van der Waals surface area contributed by atoms with Gasteiger partial charge in [-0.05, 0) is 37.1 Å². The number of carbonyl (C=O) groups excluding carboxylic acids is 2. The minimum absolute atomic E-state index is 0.0988. The Morgan fingerprint density at radius 1 is 1.08 bits per heavy atom. The molecule has 8 nitrogen and oxygen atoms in total. The van der Waals surface area contributed by atoms with Crippen LogP contribution < -0.4 is 4.74 Å². The lowest BCUT2D eigenvalue weighted by molar-refractivity contribution is -0.129. The number of carbonyl (C=O) groups is 2. The zero-order valence-corrected chi connectivity index (χ0v) is 22.4. The number of benzene rings is 2. The number of hydrogen-bond donors (Lipinski definition) is 1. The molecule has 198 valence electrons. The Bertz CT molecular complexity index is 1330. The number of hydrogen-bond acceptors (Lipinski definition) is 8. The van der Waals surface area contributed by atoms with Crippen LogP contribution in [0.3, 0.4) is 0 Å². The summed E-state index contributed by atoms with van der Waals surface area (Å²) in [5.41, 5.74) is 2.49. The second-order valence-corrected chi connectivity index (χ2v) is 10.6. The highest BCUT2D eigenvalue weighted by molar-refractivity contribution is 7.14. The van der Waals surface area contributed by atoms with Crippen LogP contribution in [0.1, 0.15) is 37.5 Å². The number of ketones is 1. The van der Waals surface area contributed by atoms with Gasteiger partial charge in [0.05, 0.1) is 40.4 Å². The van der Waals surface area contributed by atoms with E-state index < -0.39 is 17.7 Å². The maximum atomic E-state index is 13.7. The van der Waals surface area contributed by atoms with Gasteiger partial charge in [0.1, 0.15) is 12.4 Å². The zero-order valence-electron chi connectivity index (χ0n) is 21.6. The number of aromatic nitrogens is 1. The molecule has 38 heavy (non-hydrogen) atoms. The smallest absolute Gasteiger partial charge is 0.290 e. The molecule has 1 fully saturated rings. The maximum absolute atomic E-state index is 13.7. The third kappa shape index (κ3) is 5.50. The quantitative estimate of drug-likeness (QED) is 0.411. The lowest BCUT2D eigenvalue weighted by Crippen LogP contribution is -2.43. The molecule has 1 unspecified atom stereocenters. The molecule has 0 aliphatic carbocycles. The minimum Gasteiger partial charge on any atom is -0.503 e. The Morgan fingerprint density at radius 3 is 2.45 bits per heavy atom. The van der Waals surface area contributed by atoms with E-state index in [0.29, 0.717) is 49.2 Å². The largest absolute Gasteiger partial charge is 0.503 e. The van der Waals surface area contributed by atoms with E-state index in [1.807, 2.05) is 61.5 Å². The van der Waals surface area contributed by atoms with Gasteiger partial charge in [-0.1, -0.05) is 42.5 Å². The van der Waals surface area contributed by atoms with Gasteiger partial charge in [0.25, 0.3) is 5.91 Å². The number of nitrogens with zero attached hydrogens (tertiary/aromatic N) is 3. The van der Waals surface area contributed by atoms with Crippen molar-refractivity contribution in [2.45, 2.75) is 26.5 Å². The molecular weight excluding hydrogens is 502 g/mol. The molecule has 3 aromatic rings.